The van der Waals surface area contributed by atoms with Crippen molar-refractivity contribution in [1.29, 1.82) is 0 Å². The molecule has 1 aliphatic heterocycles. The number of aromatic nitrogens is 2. The zero-order chi connectivity index (χ0) is 18.7. The zero-order valence-electron chi connectivity index (χ0n) is 16.4. The maximum absolute atomic E-state index is 6.56. The van der Waals surface area contributed by atoms with E-state index in [4.69, 9.17) is 4.74 Å². The van der Waals surface area contributed by atoms with Gasteiger partial charge in [0.25, 0.3) is 0 Å². The van der Waals surface area contributed by atoms with Crippen molar-refractivity contribution in [2.45, 2.75) is 63.8 Å². The Labute approximate surface area is 162 Å². The normalized spacial score (nSPS) is 25.1. The van der Waals surface area contributed by atoms with Crippen LogP contribution in [0.15, 0.2) is 36.7 Å². The fourth-order valence-corrected chi connectivity index (χ4v) is 4.35. The number of hydrogen-bond donors (Lipinski definition) is 1. The van der Waals surface area contributed by atoms with Gasteiger partial charge in [0.2, 0.25) is 0 Å². The maximum atomic E-state index is 6.56. The van der Waals surface area contributed by atoms with E-state index in [2.05, 4.69) is 58.4 Å². The second kappa shape index (κ2) is 7.95. The summed E-state index contributed by atoms with van der Waals surface area (Å²) < 4.78 is 6.56. The van der Waals surface area contributed by atoms with E-state index in [9.17, 15) is 0 Å². The molecule has 1 aromatic heterocycles. The number of fused-ring (bicyclic) bond motifs is 1. The number of nitrogens with one attached hydrogen (secondary N) is 1. The Bertz CT molecular complexity index is 753. The second-order valence-corrected chi connectivity index (χ2v) is 8.00. The Kier molecular flexibility index (Phi) is 5.41. The monoisotopic (exact) mass is 366 g/mol. The van der Waals surface area contributed by atoms with E-state index in [-0.39, 0.29) is 5.60 Å². The molecule has 1 N–H and O–H groups in total. The van der Waals surface area contributed by atoms with Gasteiger partial charge in [-0.3, -0.25) is 4.90 Å². The molecule has 2 heterocycles. The number of hydrogen-bond acceptors (Lipinski definition) is 5. The molecule has 1 aliphatic carbocycles. The van der Waals surface area contributed by atoms with E-state index < -0.39 is 0 Å². The van der Waals surface area contributed by atoms with Gasteiger partial charge in [-0.2, -0.15) is 0 Å². The molecule has 1 saturated carbocycles. The van der Waals surface area contributed by atoms with E-state index in [0.29, 0.717) is 6.04 Å². The van der Waals surface area contributed by atoms with E-state index in [1.54, 1.807) is 0 Å². The molecule has 1 fully saturated rings. The van der Waals surface area contributed by atoms with Crippen LogP contribution in [0.3, 0.4) is 0 Å². The van der Waals surface area contributed by atoms with Gasteiger partial charge in [0, 0.05) is 55.6 Å². The summed E-state index contributed by atoms with van der Waals surface area (Å²) in [5.41, 5.74) is 2.40. The Morgan fingerprint density at radius 2 is 1.93 bits per heavy atom. The van der Waals surface area contributed by atoms with Crippen LogP contribution in [0, 0.1) is 0 Å². The predicted octanol–water partition coefficient (Wildman–Crippen LogP) is 3.33. The molecule has 27 heavy (non-hydrogen) atoms. The lowest BCUT2D eigenvalue weighted by atomic mass is 9.81. The topological polar surface area (TPSA) is 50.3 Å². The van der Waals surface area contributed by atoms with Crippen molar-refractivity contribution in [2.24, 2.45) is 0 Å². The van der Waals surface area contributed by atoms with Gasteiger partial charge in [0.1, 0.15) is 17.2 Å². The van der Waals surface area contributed by atoms with Crippen LogP contribution in [-0.4, -0.2) is 40.1 Å². The molecule has 0 amide bonds. The Morgan fingerprint density at radius 1 is 1.19 bits per heavy atom. The fourth-order valence-electron chi connectivity index (χ4n) is 4.35. The molecule has 1 spiro atoms. The Balaban J connectivity index is 1.36. The molecule has 5 heteroatoms. The summed E-state index contributed by atoms with van der Waals surface area (Å²) in [6, 6.07) is 9.02. The molecule has 0 radical (unpaired) electrons. The largest absolute Gasteiger partial charge is 0.486 e. The van der Waals surface area contributed by atoms with Crippen LogP contribution in [0.4, 0.5) is 0 Å². The number of benzene rings is 1. The highest BCUT2D eigenvalue weighted by atomic mass is 16.5. The van der Waals surface area contributed by atoms with Gasteiger partial charge < -0.3 is 10.1 Å². The first-order valence-electron chi connectivity index (χ1n) is 10.2. The molecule has 4 rings (SSSR count). The molecule has 1 aromatic carbocycles. The Morgan fingerprint density at radius 3 is 2.67 bits per heavy atom. The highest BCUT2D eigenvalue weighted by molar-refractivity contribution is 5.35. The summed E-state index contributed by atoms with van der Waals surface area (Å²) in [5, 5.41) is 3.60. The van der Waals surface area contributed by atoms with Crippen molar-refractivity contribution in [3.8, 4) is 5.75 Å². The summed E-state index contributed by atoms with van der Waals surface area (Å²) in [6.07, 6.45) is 9.34. The molecule has 2 aromatic rings. The van der Waals surface area contributed by atoms with Crippen LogP contribution in [0.2, 0.25) is 0 Å². The molecule has 2 aliphatic rings. The van der Waals surface area contributed by atoms with Crippen molar-refractivity contribution in [2.75, 3.05) is 13.6 Å². The van der Waals surface area contributed by atoms with Crippen LogP contribution < -0.4 is 10.1 Å². The number of aryl methyl sites for hydroxylation is 1. The maximum Gasteiger partial charge on any atom is 0.127 e. The number of rotatable bonds is 4. The van der Waals surface area contributed by atoms with Gasteiger partial charge in [0.05, 0.1) is 0 Å². The highest BCUT2D eigenvalue weighted by Gasteiger charge is 2.39. The summed E-state index contributed by atoms with van der Waals surface area (Å²) in [4.78, 5) is 11.3. The highest BCUT2D eigenvalue weighted by Crippen LogP contribution is 2.37. The first kappa shape index (κ1) is 18.4. The standard InChI is InChI=1S/C22H30N4O/c1-3-21-24-12-17(13-25-21)15-26(2)19-8-10-22(11-9-19)16-23-14-18-6-4-5-7-20(18)27-22/h4-7,12-13,19,23H,3,8-11,14-16H2,1-2H3. The molecule has 0 saturated heterocycles. The number of nitrogens with zero attached hydrogens (tertiary/aromatic N) is 3. The van der Waals surface area contributed by atoms with E-state index >= 15 is 0 Å². The quantitative estimate of drug-likeness (QED) is 0.899. The van der Waals surface area contributed by atoms with Crippen molar-refractivity contribution >= 4 is 0 Å². The number of para-hydroxylation sites is 1. The van der Waals surface area contributed by atoms with E-state index in [1.807, 2.05) is 12.4 Å². The molecule has 0 bridgehead atoms. The summed E-state index contributed by atoms with van der Waals surface area (Å²) in [5.74, 6) is 1.97. The molecule has 0 atom stereocenters. The van der Waals surface area contributed by atoms with Gasteiger partial charge in [-0.1, -0.05) is 25.1 Å². The molecule has 5 nitrogen and oxygen atoms in total. The minimum Gasteiger partial charge on any atom is -0.486 e. The van der Waals surface area contributed by atoms with Crippen molar-refractivity contribution in [3.05, 3.63) is 53.6 Å². The average molecular weight is 367 g/mol. The van der Waals surface area contributed by atoms with Gasteiger partial charge in [-0.05, 0) is 38.8 Å². The lowest BCUT2D eigenvalue weighted by molar-refractivity contribution is 0.00870. The summed E-state index contributed by atoms with van der Waals surface area (Å²) in [7, 11) is 2.22. The van der Waals surface area contributed by atoms with Crippen molar-refractivity contribution in [3.63, 3.8) is 0 Å². The summed E-state index contributed by atoms with van der Waals surface area (Å²) in [6.45, 7) is 4.82. The van der Waals surface area contributed by atoms with Crippen LogP contribution in [0.5, 0.6) is 5.75 Å². The predicted molar refractivity (Wildman–Crippen MR) is 107 cm³/mol. The zero-order valence-corrected chi connectivity index (χ0v) is 16.4. The number of ether oxygens (including phenoxy) is 1. The van der Waals surface area contributed by atoms with Crippen molar-refractivity contribution < 1.29 is 4.74 Å². The molecule has 144 valence electrons. The second-order valence-electron chi connectivity index (χ2n) is 8.00. The van der Waals surface area contributed by atoms with E-state index in [0.717, 1.165) is 63.3 Å². The minimum absolute atomic E-state index is 0.0597. The van der Waals surface area contributed by atoms with Crippen molar-refractivity contribution in [1.82, 2.24) is 20.2 Å². The first-order chi connectivity index (χ1) is 13.2. The molecular formula is C22H30N4O. The lowest BCUT2D eigenvalue weighted by Gasteiger charge is -2.42. The van der Waals surface area contributed by atoms with E-state index in [1.165, 1.54) is 11.1 Å². The van der Waals surface area contributed by atoms with Gasteiger partial charge in [-0.15, -0.1) is 0 Å². The molecular weight excluding hydrogens is 336 g/mol. The Hall–Kier alpha value is -1.98. The van der Waals surface area contributed by atoms with Crippen LogP contribution in [0.25, 0.3) is 0 Å². The third kappa shape index (κ3) is 4.14. The van der Waals surface area contributed by atoms with Crippen LogP contribution in [-0.2, 0) is 19.5 Å². The lowest BCUT2D eigenvalue weighted by Crippen LogP contribution is -2.50. The third-order valence-electron chi connectivity index (χ3n) is 6.06. The average Bonchev–Trinajstić information content (AvgIpc) is 2.88. The fraction of sp³-hybridized carbons (Fsp3) is 0.545. The first-order valence-corrected chi connectivity index (χ1v) is 10.2. The van der Waals surface area contributed by atoms with Crippen LogP contribution in [0.1, 0.15) is 49.6 Å². The minimum atomic E-state index is -0.0597. The van der Waals surface area contributed by atoms with Crippen LogP contribution >= 0.6 is 0 Å². The SMILES string of the molecule is CCc1ncc(CN(C)C2CCC3(CC2)CNCc2ccccc2O3)cn1. The van der Waals surface area contributed by atoms with Gasteiger partial charge >= 0.3 is 0 Å². The summed E-state index contributed by atoms with van der Waals surface area (Å²) >= 11 is 0. The smallest absolute Gasteiger partial charge is 0.127 e. The van der Waals surface area contributed by atoms with Gasteiger partial charge in [-0.25, -0.2) is 9.97 Å². The van der Waals surface area contributed by atoms with Gasteiger partial charge in [0.15, 0.2) is 0 Å². The third-order valence-corrected chi connectivity index (χ3v) is 6.06. The molecule has 0 unspecified atom stereocenters.